The van der Waals surface area contributed by atoms with Crippen molar-refractivity contribution in [2.45, 2.75) is 31.0 Å². The Kier molecular flexibility index (Phi) is 4.12. The second-order valence-corrected chi connectivity index (χ2v) is 8.56. The number of hydrogen-bond acceptors (Lipinski definition) is 5. The summed E-state index contributed by atoms with van der Waals surface area (Å²) in [7, 11) is -3.56. The Labute approximate surface area is 152 Å². The highest BCUT2D eigenvalue weighted by atomic mass is 32.2. The number of imidazole rings is 1. The van der Waals surface area contributed by atoms with Gasteiger partial charge in [0.1, 0.15) is 5.69 Å². The Morgan fingerprint density at radius 2 is 1.85 bits per heavy atom. The van der Waals surface area contributed by atoms with Crippen LogP contribution in [0.25, 0.3) is 11.3 Å². The van der Waals surface area contributed by atoms with E-state index in [0.29, 0.717) is 13.1 Å². The Bertz CT molecular complexity index is 1000. The predicted molar refractivity (Wildman–Crippen MR) is 95.9 cm³/mol. The predicted octanol–water partition coefficient (Wildman–Crippen LogP) is 1.97. The molecule has 4 rings (SSSR count). The van der Waals surface area contributed by atoms with Crippen molar-refractivity contribution in [3.05, 3.63) is 49.1 Å². The molecule has 0 spiro atoms. The van der Waals surface area contributed by atoms with Crippen LogP contribution in [0.1, 0.15) is 25.9 Å². The van der Waals surface area contributed by atoms with E-state index in [9.17, 15) is 8.42 Å². The zero-order valence-electron chi connectivity index (χ0n) is 14.6. The molecule has 0 unspecified atom stereocenters. The first kappa shape index (κ1) is 16.9. The van der Waals surface area contributed by atoms with Crippen LogP contribution >= 0.6 is 0 Å². The van der Waals surface area contributed by atoms with E-state index in [1.807, 2.05) is 50.4 Å². The Hall–Kier alpha value is -2.52. The van der Waals surface area contributed by atoms with Crippen molar-refractivity contribution >= 4 is 10.0 Å². The van der Waals surface area contributed by atoms with Crippen LogP contribution in [0.15, 0.2) is 54.1 Å². The fourth-order valence-electron chi connectivity index (χ4n) is 2.84. The largest absolute Gasteiger partial charge is 0.334 e. The van der Waals surface area contributed by atoms with Gasteiger partial charge < -0.3 is 4.57 Å². The number of rotatable bonds is 5. The first-order valence-electron chi connectivity index (χ1n) is 8.46. The van der Waals surface area contributed by atoms with E-state index in [1.165, 1.54) is 4.31 Å². The van der Waals surface area contributed by atoms with Crippen molar-refractivity contribution in [2.75, 3.05) is 13.1 Å². The van der Waals surface area contributed by atoms with Gasteiger partial charge in [0.2, 0.25) is 0 Å². The second kappa shape index (κ2) is 6.33. The van der Waals surface area contributed by atoms with Crippen LogP contribution in [0, 0.1) is 0 Å². The SMILES string of the molecule is CC(C)n1cnc(S(=O)(=O)N2CC(n3cc(-c4ccccc4)nn3)C2)c1. The molecule has 1 aliphatic rings. The number of hydrogen-bond donors (Lipinski definition) is 0. The van der Waals surface area contributed by atoms with E-state index >= 15 is 0 Å². The molecule has 0 amide bonds. The maximum Gasteiger partial charge on any atom is 0.262 e. The average Bonchev–Trinajstić information content (AvgIpc) is 3.24. The normalized spacial score (nSPS) is 16.1. The quantitative estimate of drug-likeness (QED) is 0.683. The summed E-state index contributed by atoms with van der Waals surface area (Å²) in [5, 5.41) is 8.43. The molecule has 0 saturated carbocycles. The van der Waals surface area contributed by atoms with Gasteiger partial charge in [0.25, 0.3) is 10.0 Å². The summed E-state index contributed by atoms with van der Waals surface area (Å²) in [6, 6.07) is 9.94. The topological polar surface area (TPSA) is 85.9 Å². The van der Waals surface area contributed by atoms with Crippen molar-refractivity contribution in [2.24, 2.45) is 0 Å². The first-order valence-corrected chi connectivity index (χ1v) is 9.90. The van der Waals surface area contributed by atoms with Gasteiger partial charge in [-0.3, -0.25) is 0 Å². The molecule has 1 saturated heterocycles. The second-order valence-electron chi connectivity index (χ2n) is 6.68. The van der Waals surface area contributed by atoms with Gasteiger partial charge in [0.05, 0.1) is 18.6 Å². The number of benzene rings is 1. The fourth-order valence-corrected chi connectivity index (χ4v) is 4.28. The molecule has 1 aliphatic heterocycles. The highest BCUT2D eigenvalue weighted by Crippen LogP contribution is 2.28. The van der Waals surface area contributed by atoms with Gasteiger partial charge in [0.15, 0.2) is 5.03 Å². The minimum atomic E-state index is -3.56. The number of sulfonamides is 1. The van der Waals surface area contributed by atoms with Crippen molar-refractivity contribution in [1.82, 2.24) is 28.9 Å². The average molecular weight is 372 g/mol. The summed E-state index contributed by atoms with van der Waals surface area (Å²) in [5.74, 6) is 0. The van der Waals surface area contributed by atoms with Crippen molar-refractivity contribution < 1.29 is 8.42 Å². The highest BCUT2D eigenvalue weighted by molar-refractivity contribution is 7.89. The van der Waals surface area contributed by atoms with Crippen LogP contribution in [-0.4, -0.2) is 50.4 Å². The fraction of sp³-hybridized carbons (Fsp3) is 0.353. The van der Waals surface area contributed by atoms with Gasteiger partial charge in [-0.05, 0) is 13.8 Å². The lowest BCUT2D eigenvalue weighted by molar-refractivity contribution is 0.188. The highest BCUT2D eigenvalue weighted by Gasteiger charge is 2.39. The molecular weight excluding hydrogens is 352 g/mol. The van der Waals surface area contributed by atoms with Crippen LogP contribution in [0.4, 0.5) is 0 Å². The monoisotopic (exact) mass is 372 g/mol. The molecule has 3 heterocycles. The molecule has 0 N–H and O–H groups in total. The Morgan fingerprint density at radius 1 is 1.12 bits per heavy atom. The van der Waals surface area contributed by atoms with Gasteiger partial charge in [0, 0.05) is 30.9 Å². The molecule has 1 aromatic carbocycles. The molecule has 2 aromatic heterocycles. The van der Waals surface area contributed by atoms with Crippen molar-refractivity contribution in [3.63, 3.8) is 0 Å². The van der Waals surface area contributed by atoms with Crippen molar-refractivity contribution in [1.29, 1.82) is 0 Å². The van der Waals surface area contributed by atoms with E-state index in [4.69, 9.17) is 0 Å². The van der Waals surface area contributed by atoms with Crippen LogP contribution in [-0.2, 0) is 10.0 Å². The summed E-state index contributed by atoms with van der Waals surface area (Å²) >= 11 is 0. The molecule has 9 heteroatoms. The maximum atomic E-state index is 12.7. The molecule has 1 fully saturated rings. The minimum Gasteiger partial charge on any atom is -0.334 e. The van der Waals surface area contributed by atoms with Crippen LogP contribution in [0.3, 0.4) is 0 Å². The summed E-state index contributed by atoms with van der Waals surface area (Å²) in [6.45, 7) is 4.70. The molecule has 136 valence electrons. The van der Waals surface area contributed by atoms with Gasteiger partial charge in [-0.1, -0.05) is 35.5 Å². The molecule has 26 heavy (non-hydrogen) atoms. The zero-order valence-corrected chi connectivity index (χ0v) is 15.4. The van der Waals surface area contributed by atoms with E-state index in [-0.39, 0.29) is 17.1 Å². The van der Waals surface area contributed by atoms with Crippen molar-refractivity contribution in [3.8, 4) is 11.3 Å². The maximum absolute atomic E-state index is 12.7. The van der Waals surface area contributed by atoms with Gasteiger partial charge >= 0.3 is 0 Å². The van der Waals surface area contributed by atoms with E-state index < -0.39 is 10.0 Å². The van der Waals surface area contributed by atoms with Gasteiger partial charge in [-0.2, -0.15) is 4.31 Å². The third-order valence-corrected chi connectivity index (χ3v) is 6.28. The Morgan fingerprint density at radius 3 is 2.50 bits per heavy atom. The lowest BCUT2D eigenvalue weighted by Gasteiger charge is -2.36. The van der Waals surface area contributed by atoms with E-state index in [0.717, 1.165) is 11.3 Å². The van der Waals surface area contributed by atoms with Gasteiger partial charge in [-0.15, -0.1) is 5.10 Å². The summed E-state index contributed by atoms with van der Waals surface area (Å²) in [5.41, 5.74) is 1.77. The summed E-state index contributed by atoms with van der Waals surface area (Å²) in [6.07, 6.45) is 4.99. The zero-order chi connectivity index (χ0) is 18.3. The molecule has 0 atom stereocenters. The van der Waals surface area contributed by atoms with E-state index in [2.05, 4.69) is 15.3 Å². The molecule has 0 radical (unpaired) electrons. The lowest BCUT2D eigenvalue weighted by Crippen LogP contribution is -2.50. The third-order valence-electron chi connectivity index (χ3n) is 4.56. The number of aromatic nitrogens is 5. The third kappa shape index (κ3) is 2.93. The van der Waals surface area contributed by atoms with Crippen LogP contribution < -0.4 is 0 Å². The molecule has 3 aromatic rings. The Balaban J connectivity index is 1.46. The standard InChI is InChI=1S/C17H20N6O2S/c1-13(2)21-11-17(18-12-21)26(24,25)22-8-15(9-22)23-10-16(19-20-23)14-6-4-3-5-7-14/h3-7,10-13,15H,8-9H2,1-2H3. The lowest BCUT2D eigenvalue weighted by atomic mass is 10.1. The van der Waals surface area contributed by atoms with Crippen LogP contribution in [0.2, 0.25) is 0 Å². The van der Waals surface area contributed by atoms with E-state index in [1.54, 1.807) is 21.8 Å². The summed E-state index contributed by atoms with van der Waals surface area (Å²) < 4.78 is 30.3. The molecule has 8 nitrogen and oxygen atoms in total. The van der Waals surface area contributed by atoms with Gasteiger partial charge in [-0.25, -0.2) is 18.1 Å². The summed E-state index contributed by atoms with van der Waals surface area (Å²) in [4.78, 5) is 4.05. The van der Waals surface area contributed by atoms with Crippen LogP contribution in [0.5, 0.6) is 0 Å². The minimum absolute atomic E-state index is 0.0121. The molecular formula is C17H20N6O2S. The number of nitrogens with zero attached hydrogens (tertiary/aromatic N) is 6. The first-order chi connectivity index (χ1) is 12.4. The molecule has 0 aliphatic carbocycles. The molecule has 0 bridgehead atoms. The smallest absolute Gasteiger partial charge is 0.262 e.